The van der Waals surface area contributed by atoms with Gasteiger partial charge in [-0.05, 0) is 116 Å². The van der Waals surface area contributed by atoms with Crippen LogP contribution in [0.15, 0.2) is 66.7 Å². The zero-order valence-electron chi connectivity index (χ0n) is 29.7. The number of nitrogens with one attached hydrogen (secondary N) is 1. The van der Waals surface area contributed by atoms with Crippen LogP contribution < -0.4 is 20.5 Å². The summed E-state index contributed by atoms with van der Waals surface area (Å²) in [6, 6.07) is 21.3. The summed E-state index contributed by atoms with van der Waals surface area (Å²) in [6.07, 6.45) is 5.15. The first-order valence-corrected chi connectivity index (χ1v) is 19.5. The number of nitrogen functional groups attached to an aromatic ring is 1. The number of aromatic nitrogens is 4. The lowest BCUT2D eigenvalue weighted by Crippen LogP contribution is -2.22. The third-order valence-corrected chi connectivity index (χ3v) is 11.4. The molecule has 1 amide bonds. The Morgan fingerprint density at radius 2 is 1.60 bits per heavy atom. The van der Waals surface area contributed by atoms with E-state index < -0.39 is 0 Å². The number of amides is 1. The number of ether oxygens (including phenoxy) is 2. The summed E-state index contributed by atoms with van der Waals surface area (Å²) < 4.78 is 18.7. The van der Waals surface area contributed by atoms with Gasteiger partial charge in [-0.25, -0.2) is 0 Å². The van der Waals surface area contributed by atoms with Crippen LogP contribution >= 0.6 is 32.6 Å². The molecular formula is C40H44Cl2N7O3P. The molecule has 0 radical (unpaired) electrons. The number of nitrogens with zero attached hydrogens (tertiary/aromatic N) is 5. The number of aryl methyl sites for hydroxylation is 1. The SMILES string of the molecule is Cc1cc(N)nn1Cc1cc(Cl)ccc1OCC1CC1Cc1cc(NC(=O)c2ccc3c(c2)CCN(P)C3)nn1Cc1cc(Cl)ccc1OCC1CC1. The van der Waals surface area contributed by atoms with E-state index in [2.05, 4.69) is 30.5 Å². The van der Waals surface area contributed by atoms with E-state index in [-0.39, 0.29) is 5.91 Å². The second-order valence-corrected chi connectivity index (χ2v) is 16.3. The zero-order chi connectivity index (χ0) is 36.6. The summed E-state index contributed by atoms with van der Waals surface area (Å²) >= 11 is 12.9. The molecule has 2 aliphatic carbocycles. The monoisotopic (exact) mass is 771 g/mol. The molecule has 3 aromatic carbocycles. The second-order valence-electron chi connectivity index (χ2n) is 14.7. The van der Waals surface area contributed by atoms with Gasteiger partial charge in [-0.2, -0.15) is 10.2 Å². The largest absolute Gasteiger partial charge is 0.493 e. The Labute approximate surface area is 322 Å². The highest BCUT2D eigenvalue weighted by molar-refractivity contribution is 7.13. The average molecular weight is 773 g/mol. The molecule has 2 aromatic heterocycles. The van der Waals surface area contributed by atoms with E-state index in [0.717, 1.165) is 66.4 Å². The van der Waals surface area contributed by atoms with Crippen molar-refractivity contribution in [1.29, 1.82) is 0 Å². The second kappa shape index (κ2) is 15.3. The fraction of sp³-hybridized carbons (Fsp3) is 0.375. The average Bonchev–Trinajstić information content (AvgIpc) is 4.04. The van der Waals surface area contributed by atoms with E-state index in [4.69, 9.17) is 43.5 Å². The first kappa shape index (κ1) is 35.9. The first-order chi connectivity index (χ1) is 25.6. The van der Waals surface area contributed by atoms with Crippen LogP contribution in [0.3, 0.4) is 0 Å². The van der Waals surface area contributed by atoms with Crippen molar-refractivity contribution in [2.24, 2.45) is 17.8 Å². The van der Waals surface area contributed by atoms with Gasteiger partial charge >= 0.3 is 0 Å². The Hall–Kier alpha value is -4.08. The number of carbonyl (C=O) groups is 1. The Kier molecular flexibility index (Phi) is 10.4. The minimum absolute atomic E-state index is 0.169. The van der Waals surface area contributed by atoms with E-state index in [9.17, 15) is 4.79 Å². The molecule has 3 heterocycles. The molecule has 8 rings (SSSR count). The van der Waals surface area contributed by atoms with E-state index in [1.165, 1.54) is 24.0 Å². The fourth-order valence-corrected chi connectivity index (χ4v) is 7.80. The molecule has 53 heavy (non-hydrogen) atoms. The normalized spacial score (nSPS) is 18.1. The highest BCUT2D eigenvalue weighted by atomic mass is 35.5. The number of fused-ring (bicyclic) bond motifs is 1. The van der Waals surface area contributed by atoms with E-state index in [1.54, 1.807) is 0 Å². The van der Waals surface area contributed by atoms with Crippen molar-refractivity contribution in [3.8, 4) is 11.5 Å². The molecule has 13 heteroatoms. The molecule has 0 saturated heterocycles. The van der Waals surface area contributed by atoms with Crippen molar-refractivity contribution in [2.75, 3.05) is 30.8 Å². The summed E-state index contributed by atoms with van der Waals surface area (Å²) in [6.45, 7) is 6.05. The van der Waals surface area contributed by atoms with Crippen molar-refractivity contribution >= 4 is 50.1 Å². The lowest BCUT2D eigenvalue weighted by atomic mass is 9.98. The maximum absolute atomic E-state index is 13.5. The number of hydrogen-bond donors (Lipinski definition) is 2. The molecule has 10 nitrogen and oxygen atoms in total. The molecule has 5 aromatic rings. The molecule has 3 N–H and O–H groups in total. The van der Waals surface area contributed by atoms with Crippen LogP contribution in [-0.2, 0) is 32.5 Å². The van der Waals surface area contributed by atoms with Gasteiger partial charge < -0.3 is 20.5 Å². The van der Waals surface area contributed by atoms with Crippen molar-refractivity contribution in [3.05, 3.63) is 116 Å². The molecule has 2 fully saturated rings. The van der Waals surface area contributed by atoms with Crippen molar-refractivity contribution < 1.29 is 14.3 Å². The van der Waals surface area contributed by atoms with Gasteiger partial charge in [0.2, 0.25) is 0 Å². The lowest BCUT2D eigenvalue weighted by Gasteiger charge is -2.24. The van der Waals surface area contributed by atoms with Gasteiger partial charge in [-0.15, -0.1) is 0 Å². The number of rotatable bonds is 14. The minimum atomic E-state index is -0.169. The molecular weight excluding hydrogens is 728 g/mol. The maximum Gasteiger partial charge on any atom is 0.256 e. The van der Waals surface area contributed by atoms with E-state index in [0.29, 0.717) is 71.3 Å². The Bertz CT molecular complexity index is 2150. The van der Waals surface area contributed by atoms with Crippen LogP contribution in [0.4, 0.5) is 11.6 Å². The lowest BCUT2D eigenvalue weighted by molar-refractivity contribution is 0.102. The summed E-state index contributed by atoms with van der Waals surface area (Å²) in [5.74, 6) is 3.84. The summed E-state index contributed by atoms with van der Waals surface area (Å²) in [4.78, 5) is 13.5. The molecule has 3 atom stereocenters. The zero-order valence-corrected chi connectivity index (χ0v) is 32.4. The number of benzene rings is 3. The first-order valence-electron chi connectivity index (χ1n) is 18.3. The fourth-order valence-electron chi connectivity index (χ4n) is 7.09. The van der Waals surface area contributed by atoms with Crippen LogP contribution in [0.25, 0.3) is 0 Å². The van der Waals surface area contributed by atoms with Gasteiger partial charge in [-0.1, -0.05) is 38.7 Å². The van der Waals surface area contributed by atoms with Crippen LogP contribution in [-0.4, -0.2) is 49.9 Å². The van der Waals surface area contributed by atoms with Crippen LogP contribution in [0.1, 0.15) is 63.3 Å². The van der Waals surface area contributed by atoms with Crippen molar-refractivity contribution in [3.63, 3.8) is 0 Å². The van der Waals surface area contributed by atoms with Gasteiger partial charge in [0.1, 0.15) is 17.3 Å². The number of halogens is 2. The minimum Gasteiger partial charge on any atom is -0.493 e. The number of anilines is 2. The topological polar surface area (TPSA) is 112 Å². The van der Waals surface area contributed by atoms with E-state index >= 15 is 0 Å². The summed E-state index contributed by atoms with van der Waals surface area (Å²) in [7, 11) is 2.77. The van der Waals surface area contributed by atoms with Crippen LogP contribution in [0.5, 0.6) is 11.5 Å². The van der Waals surface area contributed by atoms with Crippen LogP contribution in [0.2, 0.25) is 10.0 Å². The van der Waals surface area contributed by atoms with Gasteiger partial charge in [0.05, 0.1) is 26.3 Å². The molecule has 0 spiro atoms. The third kappa shape index (κ3) is 8.84. The standard InChI is InChI=1S/C40H44Cl2N7O3P/c1-24-12-38(43)45-48(24)20-30-15-33(41)7-9-37(30)52-23-32-14-29(32)17-35-18-39(44-40(50)27-4-5-28-19-47(53)11-10-26(28)13-27)46-49(35)21-31-16-34(42)6-8-36(31)51-22-25-2-3-25/h4-9,12-13,15-16,18,25,29,32H,2-3,10-11,14,17,19-23,53H2,1H3,(H2,43,45)(H,44,46,50). The number of carbonyl (C=O) groups excluding carboxylic acids is 1. The van der Waals surface area contributed by atoms with Crippen molar-refractivity contribution in [1.82, 2.24) is 24.2 Å². The molecule has 3 unspecified atom stereocenters. The highest BCUT2D eigenvalue weighted by Crippen LogP contribution is 2.42. The number of hydrogen-bond acceptors (Lipinski definition) is 7. The van der Waals surface area contributed by atoms with Gasteiger partial charge in [-0.3, -0.25) is 18.8 Å². The summed E-state index contributed by atoms with van der Waals surface area (Å²) in [5, 5.41) is 13.7. The molecule has 1 aliphatic heterocycles. The Morgan fingerprint density at radius 1 is 0.887 bits per heavy atom. The molecule has 276 valence electrons. The maximum atomic E-state index is 13.5. The Balaban J connectivity index is 0.984. The van der Waals surface area contributed by atoms with Crippen molar-refractivity contribution in [2.45, 2.75) is 58.7 Å². The molecule has 3 aliphatic rings. The summed E-state index contributed by atoms with van der Waals surface area (Å²) in [5.41, 5.74) is 12.9. The van der Waals surface area contributed by atoms with Gasteiger partial charge in [0, 0.05) is 63.3 Å². The molecule has 2 saturated carbocycles. The van der Waals surface area contributed by atoms with E-state index in [1.807, 2.05) is 77.0 Å². The molecule has 0 bridgehead atoms. The smallest absolute Gasteiger partial charge is 0.256 e. The third-order valence-electron chi connectivity index (χ3n) is 10.5. The quantitative estimate of drug-likeness (QED) is 0.111. The predicted molar refractivity (Wildman–Crippen MR) is 212 cm³/mol. The Morgan fingerprint density at radius 3 is 2.30 bits per heavy atom. The van der Waals surface area contributed by atoms with Crippen LogP contribution in [0, 0.1) is 24.7 Å². The highest BCUT2D eigenvalue weighted by Gasteiger charge is 2.38. The van der Waals surface area contributed by atoms with Gasteiger partial charge in [0.15, 0.2) is 5.82 Å². The predicted octanol–water partition coefficient (Wildman–Crippen LogP) is 7.82. The number of nitrogens with two attached hydrogens (primary N) is 1. The van der Waals surface area contributed by atoms with Gasteiger partial charge in [0.25, 0.3) is 5.91 Å².